The van der Waals surface area contributed by atoms with Crippen LogP contribution in [0.2, 0.25) is 0 Å². The zero-order valence-electron chi connectivity index (χ0n) is 20.2. The van der Waals surface area contributed by atoms with Crippen LogP contribution in [0.1, 0.15) is 52.5 Å². The van der Waals surface area contributed by atoms with Crippen molar-refractivity contribution < 1.29 is 14.3 Å². The van der Waals surface area contributed by atoms with Crippen LogP contribution in [0.15, 0.2) is 29.3 Å². The second kappa shape index (κ2) is 12.4. The topological polar surface area (TPSA) is 86.3 Å². The third kappa shape index (κ3) is 8.04. The Morgan fingerprint density at radius 2 is 1.97 bits per heavy atom. The van der Waals surface area contributed by atoms with E-state index in [0.29, 0.717) is 25.9 Å². The molecule has 0 aromatic heterocycles. The number of anilines is 1. The van der Waals surface area contributed by atoms with Crippen LogP contribution in [-0.2, 0) is 16.0 Å². The number of likely N-dealkylation sites (tertiary alicyclic amines) is 1. The Hall–Kier alpha value is -2.04. The van der Waals surface area contributed by atoms with Gasteiger partial charge < -0.3 is 25.2 Å². The minimum absolute atomic E-state index is 0. The van der Waals surface area contributed by atoms with Crippen molar-refractivity contribution in [2.24, 2.45) is 4.99 Å². The zero-order chi connectivity index (χ0) is 23.1. The minimum atomic E-state index is -0.507. The standard InChI is InChI=1S/C24H37N5O3.HI/c1-5-25-22(28-15-13-19(17-28)27-23(31)32-24(2,3)4)26-14-8-11-21(30)29-16-12-18-9-6-7-10-20(18)29;/h6-7,9-10,19H,5,8,11-17H2,1-4H3,(H,25,26)(H,27,31);1H. The number of carbonyl (C=O) groups excluding carboxylic acids is 2. The van der Waals surface area contributed by atoms with Crippen LogP contribution < -0.4 is 15.5 Å². The Balaban J connectivity index is 0.00000385. The van der Waals surface area contributed by atoms with Gasteiger partial charge in [0.1, 0.15) is 5.60 Å². The van der Waals surface area contributed by atoms with Gasteiger partial charge >= 0.3 is 6.09 Å². The molecule has 2 aliphatic heterocycles. The lowest BCUT2D eigenvalue weighted by atomic mass is 10.2. The lowest BCUT2D eigenvalue weighted by molar-refractivity contribution is -0.118. The van der Waals surface area contributed by atoms with Crippen LogP contribution in [0, 0.1) is 0 Å². The number of rotatable bonds is 6. The highest BCUT2D eigenvalue weighted by atomic mass is 127. The first-order valence-corrected chi connectivity index (χ1v) is 11.7. The molecule has 0 saturated carbocycles. The van der Waals surface area contributed by atoms with E-state index in [-0.39, 0.29) is 42.0 Å². The Bertz CT molecular complexity index is 840. The highest BCUT2D eigenvalue weighted by molar-refractivity contribution is 14.0. The van der Waals surface area contributed by atoms with E-state index < -0.39 is 5.60 Å². The molecule has 8 nitrogen and oxygen atoms in total. The quantitative estimate of drug-likeness (QED) is 0.236. The lowest BCUT2D eigenvalue weighted by Gasteiger charge is -2.23. The molecule has 1 unspecified atom stereocenters. The normalized spacial score (nSPS) is 17.9. The van der Waals surface area contributed by atoms with Crippen molar-refractivity contribution in [3.8, 4) is 0 Å². The molecule has 1 aromatic rings. The Morgan fingerprint density at radius 3 is 2.70 bits per heavy atom. The summed E-state index contributed by atoms with van der Waals surface area (Å²) in [6, 6.07) is 8.16. The number of alkyl carbamates (subject to hydrolysis) is 1. The molecule has 33 heavy (non-hydrogen) atoms. The summed E-state index contributed by atoms with van der Waals surface area (Å²) in [7, 11) is 0. The average Bonchev–Trinajstić information content (AvgIpc) is 3.35. The molecule has 2 heterocycles. The number of nitrogens with one attached hydrogen (secondary N) is 2. The molecule has 1 atom stereocenters. The summed E-state index contributed by atoms with van der Waals surface area (Å²) in [5.74, 6) is 0.998. The highest BCUT2D eigenvalue weighted by Crippen LogP contribution is 2.28. The second-order valence-electron chi connectivity index (χ2n) is 9.34. The van der Waals surface area contributed by atoms with E-state index in [2.05, 4.69) is 21.6 Å². The van der Waals surface area contributed by atoms with E-state index in [1.807, 2.05) is 50.8 Å². The van der Waals surface area contributed by atoms with E-state index in [9.17, 15) is 9.59 Å². The van der Waals surface area contributed by atoms with Gasteiger partial charge in [0.15, 0.2) is 5.96 Å². The van der Waals surface area contributed by atoms with Crippen LogP contribution in [0.3, 0.4) is 0 Å². The maximum atomic E-state index is 12.7. The lowest BCUT2D eigenvalue weighted by Crippen LogP contribution is -2.44. The molecule has 1 aromatic carbocycles. The Morgan fingerprint density at radius 1 is 1.21 bits per heavy atom. The molecule has 2 amide bonds. The van der Waals surface area contributed by atoms with Crippen LogP contribution in [-0.4, -0.2) is 67.2 Å². The molecule has 2 aliphatic rings. The number of carbonyl (C=O) groups is 2. The van der Waals surface area contributed by atoms with Gasteiger partial charge in [0.25, 0.3) is 0 Å². The summed E-state index contributed by atoms with van der Waals surface area (Å²) in [6.45, 7) is 11.2. The SMILES string of the molecule is CCNC(=NCCCC(=O)N1CCc2ccccc21)N1CCC(NC(=O)OC(C)(C)C)C1.I. The van der Waals surface area contributed by atoms with Gasteiger partial charge in [-0.15, -0.1) is 24.0 Å². The first-order chi connectivity index (χ1) is 15.3. The van der Waals surface area contributed by atoms with Gasteiger partial charge in [-0.3, -0.25) is 9.79 Å². The van der Waals surface area contributed by atoms with Gasteiger partial charge in [-0.1, -0.05) is 18.2 Å². The number of nitrogens with zero attached hydrogens (tertiary/aromatic N) is 3. The fraction of sp³-hybridized carbons (Fsp3) is 0.625. The fourth-order valence-electron chi connectivity index (χ4n) is 4.12. The number of ether oxygens (including phenoxy) is 1. The van der Waals surface area contributed by atoms with Crippen molar-refractivity contribution in [3.63, 3.8) is 0 Å². The molecule has 0 aliphatic carbocycles. The van der Waals surface area contributed by atoms with Crippen LogP contribution in [0.5, 0.6) is 0 Å². The molecular weight excluding hydrogens is 533 g/mol. The van der Waals surface area contributed by atoms with E-state index in [1.165, 1.54) is 5.56 Å². The van der Waals surface area contributed by atoms with E-state index >= 15 is 0 Å². The van der Waals surface area contributed by atoms with Gasteiger partial charge in [-0.2, -0.15) is 0 Å². The number of fused-ring (bicyclic) bond motifs is 1. The van der Waals surface area contributed by atoms with E-state index in [1.54, 1.807) is 0 Å². The first-order valence-electron chi connectivity index (χ1n) is 11.7. The number of hydrogen-bond acceptors (Lipinski definition) is 4. The molecule has 0 bridgehead atoms. The maximum Gasteiger partial charge on any atom is 0.407 e. The van der Waals surface area contributed by atoms with E-state index in [4.69, 9.17) is 9.73 Å². The second-order valence-corrected chi connectivity index (χ2v) is 9.34. The summed E-state index contributed by atoms with van der Waals surface area (Å²) < 4.78 is 5.36. The molecular formula is C24H38IN5O3. The molecule has 1 saturated heterocycles. The summed E-state index contributed by atoms with van der Waals surface area (Å²) >= 11 is 0. The summed E-state index contributed by atoms with van der Waals surface area (Å²) in [4.78, 5) is 33.5. The third-order valence-electron chi connectivity index (χ3n) is 5.54. The summed E-state index contributed by atoms with van der Waals surface area (Å²) in [5.41, 5.74) is 1.79. The van der Waals surface area contributed by atoms with Gasteiger partial charge in [0.2, 0.25) is 5.91 Å². The number of guanidine groups is 1. The molecule has 2 N–H and O–H groups in total. The predicted octanol–water partition coefficient (Wildman–Crippen LogP) is 3.54. The van der Waals surface area contributed by atoms with Crippen molar-refractivity contribution >= 4 is 47.6 Å². The molecule has 0 spiro atoms. The van der Waals surface area contributed by atoms with E-state index in [0.717, 1.165) is 44.1 Å². The van der Waals surface area contributed by atoms with Gasteiger partial charge in [0, 0.05) is 44.8 Å². The zero-order valence-corrected chi connectivity index (χ0v) is 22.6. The fourth-order valence-corrected chi connectivity index (χ4v) is 4.12. The third-order valence-corrected chi connectivity index (χ3v) is 5.54. The maximum absolute atomic E-state index is 12.7. The van der Waals surface area contributed by atoms with Crippen molar-refractivity contribution in [2.75, 3.05) is 37.6 Å². The van der Waals surface area contributed by atoms with Crippen molar-refractivity contribution in [3.05, 3.63) is 29.8 Å². The Labute approximate surface area is 214 Å². The molecule has 1 fully saturated rings. The Kier molecular flexibility index (Phi) is 10.2. The predicted molar refractivity (Wildman–Crippen MR) is 142 cm³/mol. The van der Waals surface area contributed by atoms with Gasteiger partial charge in [0.05, 0.1) is 6.04 Å². The largest absolute Gasteiger partial charge is 0.444 e. The van der Waals surface area contributed by atoms with Crippen LogP contribution in [0.4, 0.5) is 10.5 Å². The average molecular weight is 572 g/mol. The number of aliphatic imine (C=N–C) groups is 1. The summed E-state index contributed by atoms with van der Waals surface area (Å²) in [6.07, 6.45) is 2.59. The number of halogens is 1. The summed E-state index contributed by atoms with van der Waals surface area (Å²) in [5, 5.41) is 6.28. The first kappa shape index (κ1) is 27.2. The monoisotopic (exact) mass is 571 g/mol. The van der Waals surface area contributed by atoms with Crippen LogP contribution >= 0.6 is 24.0 Å². The number of para-hydroxylation sites is 1. The number of hydrogen-bond donors (Lipinski definition) is 2. The number of benzene rings is 1. The van der Waals surface area contributed by atoms with Gasteiger partial charge in [-0.05, 0) is 58.6 Å². The van der Waals surface area contributed by atoms with Gasteiger partial charge in [-0.25, -0.2) is 4.79 Å². The molecule has 9 heteroatoms. The molecule has 184 valence electrons. The van der Waals surface area contributed by atoms with Crippen molar-refractivity contribution in [2.45, 2.75) is 65.0 Å². The van der Waals surface area contributed by atoms with Crippen LogP contribution in [0.25, 0.3) is 0 Å². The van der Waals surface area contributed by atoms with Crippen molar-refractivity contribution in [1.29, 1.82) is 0 Å². The smallest absolute Gasteiger partial charge is 0.407 e. The highest BCUT2D eigenvalue weighted by Gasteiger charge is 2.28. The minimum Gasteiger partial charge on any atom is -0.444 e. The molecule has 0 radical (unpaired) electrons. The molecule has 3 rings (SSSR count). The van der Waals surface area contributed by atoms with Crippen molar-refractivity contribution in [1.82, 2.24) is 15.5 Å². The number of amides is 2.